The third-order valence-corrected chi connectivity index (χ3v) is 4.79. The molecule has 0 aliphatic carbocycles. The van der Waals surface area contributed by atoms with E-state index in [1.165, 1.54) is 0 Å². The molecular formula is C12H20N2O2S2. The van der Waals surface area contributed by atoms with Crippen LogP contribution in [-0.2, 0) is 9.53 Å². The zero-order chi connectivity index (χ0) is 13.4. The Hall–Kier alpha value is -0.590. The smallest absolute Gasteiger partial charge is 0.326 e. The van der Waals surface area contributed by atoms with Crippen LogP contribution in [0.25, 0.3) is 0 Å². The van der Waals surface area contributed by atoms with Gasteiger partial charge in [-0.3, -0.25) is 4.79 Å². The Kier molecular flexibility index (Phi) is 6.67. The van der Waals surface area contributed by atoms with Crippen molar-refractivity contribution in [3.8, 4) is 0 Å². The van der Waals surface area contributed by atoms with Gasteiger partial charge in [0, 0.05) is 17.3 Å². The fraction of sp³-hybridized carbons (Fsp3) is 0.667. The summed E-state index contributed by atoms with van der Waals surface area (Å²) in [6.45, 7) is 4.13. The number of nitrogens with zero attached hydrogens (tertiary/aromatic N) is 1. The summed E-state index contributed by atoms with van der Waals surface area (Å²) in [6, 6.07) is 0. The maximum Gasteiger partial charge on any atom is 0.326 e. The Morgan fingerprint density at radius 2 is 2.44 bits per heavy atom. The van der Waals surface area contributed by atoms with Crippen LogP contribution in [0.1, 0.15) is 26.7 Å². The molecule has 1 rings (SSSR count). The van der Waals surface area contributed by atoms with Crippen LogP contribution >= 0.6 is 23.1 Å². The number of thiazole rings is 1. The molecule has 1 heterocycles. The molecule has 0 aliphatic rings. The van der Waals surface area contributed by atoms with Crippen molar-refractivity contribution >= 4 is 29.1 Å². The first-order valence-electron chi connectivity index (χ1n) is 6.01. The maximum absolute atomic E-state index is 11.8. The third-order valence-electron chi connectivity index (χ3n) is 2.73. The van der Waals surface area contributed by atoms with Gasteiger partial charge in [-0.1, -0.05) is 11.8 Å². The van der Waals surface area contributed by atoms with Gasteiger partial charge in [-0.05, 0) is 33.7 Å². The summed E-state index contributed by atoms with van der Waals surface area (Å²) < 4.78 is 6.16. The first kappa shape index (κ1) is 15.5. The van der Waals surface area contributed by atoms with Crippen LogP contribution < -0.4 is 5.32 Å². The first-order chi connectivity index (χ1) is 8.62. The van der Waals surface area contributed by atoms with Crippen LogP contribution in [0.4, 0.5) is 0 Å². The van der Waals surface area contributed by atoms with Gasteiger partial charge >= 0.3 is 5.97 Å². The molecule has 0 aliphatic heterocycles. The van der Waals surface area contributed by atoms with Crippen molar-refractivity contribution in [1.29, 1.82) is 0 Å². The molecule has 1 aromatic heterocycles. The summed E-state index contributed by atoms with van der Waals surface area (Å²) in [6.07, 6.45) is 3.52. The van der Waals surface area contributed by atoms with Gasteiger partial charge in [-0.25, -0.2) is 4.98 Å². The molecule has 0 fully saturated rings. The van der Waals surface area contributed by atoms with Gasteiger partial charge in [0.15, 0.2) is 0 Å². The number of carbonyl (C=O) groups excluding carboxylic acids is 1. The van der Waals surface area contributed by atoms with E-state index in [2.05, 4.69) is 10.3 Å². The normalized spacial score (nSPS) is 14.2. The predicted molar refractivity (Wildman–Crippen MR) is 76.2 cm³/mol. The molecular weight excluding hydrogens is 268 g/mol. The van der Waals surface area contributed by atoms with Gasteiger partial charge in [0.2, 0.25) is 0 Å². The van der Waals surface area contributed by atoms with Crippen LogP contribution in [0.2, 0.25) is 0 Å². The second kappa shape index (κ2) is 7.76. The van der Waals surface area contributed by atoms with E-state index >= 15 is 0 Å². The largest absolute Gasteiger partial charge is 0.465 e. The number of esters is 1. The number of ether oxygens (including phenoxy) is 1. The summed E-state index contributed by atoms with van der Waals surface area (Å²) >= 11 is 3.38. The average Bonchev–Trinajstić information content (AvgIpc) is 2.87. The molecule has 0 amide bonds. The topological polar surface area (TPSA) is 51.2 Å². The molecule has 0 aromatic carbocycles. The fourth-order valence-corrected chi connectivity index (χ4v) is 3.13. The molecule has 0 saturated heterocycles. The Bertz CT molecular complexity index is 357. The van der Waals surface area contributed by atoms with Crippen molar-refractivity contribution in [2.75, 3.05) is 19.4 Å². The number of thioether (sulfide) groups is 1. The van der Waals surface area contributed by atoms with Crippen LogP contribution in [-0.4, -0.2) is 35.9 Å². The van der Waals surface area contributed by atoms with Gasteiger partial charge < -0.3 is 10.1 Å². The van der Waals surface area contributed by atoms with Crippen molar-refractivity contribution in [2.45, 2.75) is 36.6 Å². The number of carbonyl (C=O) groups is 1. The van der Waals surface area contributed by atoms with Gasteiger partial charge in [0.25, 0.3) is 0 Å². The molecule has 0 spiro atoms. The van der Waals surface area contributed by atoms with E-state index in [0.29, 0.717) is 6.61 Å². The Morgan fingerprint density at radius 3 is 3.00 bits per heavy atom. The summed E-state index contributed by atoms with van der Waals surface area (Å²) in [7, 11) is 1.80. The molecule has 4 nitrogen and oxygen atoms in total. The van der Waals surface area contributed by atoms with E-state index in [0.717, 1.165) is 22.9 Å². The van der Waals surface area contributed by atoms with Crippen LogP contribution in [0.3, 0.4) is 0 Å². The van der Waals surface area contributed by atoms with Crippen LogP contribution in [0, 0.1) is 0 Å². The van der Waals surface area contributed by atoms with E-state index < -0.39 is 5.54 Å². The van der Waals surface area contributed by atoms with E-state index in [-0.39, 0.29) is 5.97 Å². The minimum Gasteiger partial charge on any atom is -0.465 e. The van der Waals surface area contributed by atoms with Crippen molar-refractivity contribution in [3.63, 3.8) is 0 Å². The Labute approximate surface area is 117 Å². The number of likely N-dealkylation sites (N-methyl/N-ethyl adjacent to an activating group) is 1. The predicted octanol–water partition coefficient (Wildman–Crippen LogP) is 2.56. The lowest BCUT2D eigenvalue weighted by atomic mass is 9.97. The zero-order valence-corrected chi connectivity index (χ0v) is 12.7. The van der Waals surface area contributed by atoms with E-state index in [1.54, 1.807) is 30.1 Å². The summed E-state index contributed by atoms with van der Waals surface area (Å²) in [5.74, 6) is 0.788. The molecule has 0 bridgehead atoms. The van der Waals surface area contributed by atoms with E-state index in [4.69, 9.17) is 4.74 Å². The lowest BCUT2D eigenvalue weighted by Crippen LogP contribution is -2.48. The lowest BCUT2D eigenvalue weighted by molar-refractivity contribution is -0.150. The highest BCUT2D eigenvalue weighted by Gasteiger charge is 2.32. The first-order valence-corrected chi connectivity index (χ1v) is 7.87. The van der Waals surface area contributed by atoms with Gasteiger partial charge in [-0.15, -0.1) is 11.3 Å². The quantitative estimate of drug-likeness (QED) is 0.452. The third kappa shape index (κ3) is 4.59. The molecule has 102 valence electrons. The molecule has 0 radical (unpaired) electrons. The second-order valence-corrected chi connectivity index (χ2v) is 6.29. The van der Waals surface area contributed by atoms with Crippen molar-refractivity contribution < 1.29 is 9.53 Å². The monoisotopic (exact) mass is 288 g/mol. The fourth-order valence-electron chi connectivity index (χ4n) is 1.49. The number of nitrogens with one attached hydrogen (secondary N) is 1. The molecule has 1 N–H and O–H groups in total. The molecule has 1 atom stereocenters. The van der Waals surface area contributed by atoms with Gasteiger partial charge in [-0.2, -0.15) is 0 Å². The van der Waals surface area contributed by atoms with Gasteiger partial charge in [0.1, 0.15) is 9.88 Å². The standard InChI is InChI=1S/C12H20N2O2S2/c1-4-16-10(15)12(2,13-3)6-5-8-17-11-14-7-9-18-11/h7,9,13H,4-6,8H2,1-3H3. The average molecular weight is 288 g/mol. The summed E-state index contributed by atoms with van der Waals surface area (Å²) in [5, 5.41) is 5.03. The zero-order valence-electron chi connectivity index (χ0n) is 11.1. The molecule has 18 heavy (non-hydrogen) atoms. The minimum absolute atomic E-state index is 0.174. The molecule has 6 heteroatoms. The Balaban J connectivity index is 2.32. The number of hydrogen-bond donors (Lipinski definition) is 1. The SMILES string of the molecule is CCOC(=O)C(C)(CCCSc1nccs1)NC. The number of aromatic nitrogens is 1. The van der Waals surface area contributed by atoms with Crippen molar-refractivity contribution in [2.24, 2.45) is 0 Å². The minimum atomic E-state index is -0.584. The van der Waals surface area contributed by atoms with Crippen molar-refractivity contribution in [1.82, 2.24) is 10.3 Å². The van der Waals surface area contributed by atoms with E-state index in [1.807, 2.05) is 25.4 Å². The van der Waals surface area contributed by atoms with Crippen molar-refractivity contribution in [3.05, 3.63) is 11.6 Å². The van der Waals surface area contributed by atoms with Crippen LogP contribution in [0.5, 0.6) is 0 Å². The highest BCUT2D eigenvalue weighted by molar-refractivity contribution is 8.00. The number of hydrogen-bond acceptors (Lipinski definition) is 6. The molecule has 1 unspecified atom stereocenters. The second-order valence-electron chi connectivity index (χ2n) is 4.05. The van der Waals surface area contributed by atoms with E-state index in [9.17, 15) is 4.79 Å². The summed E-state index contributed by atoms with van der Waals surface area (Å²) in [4.78, 5) is 16.0. The molecule has 0 saturated carbocycles. The summed E-state index contributed by atoms with van der Waals surface area (Å²) in [5.41, 5.74) is -0.584. The molecule has 1 aromatic rings. The van der Waals surface area contributed by atoms with Gasteiger partial charge in [0.05, 0.1) is 6.61 Å². The Morgan fingerprint density at radius 1 is 1.67 bits per heavy atom. The maximum atomic E-state index is 11.8. The highest BCUT2D eigenvalue weighted by atomic mass is 32.2. The lowest BCUT2D eigenvalue weighted by Gasteiger charge is -2.26. The number of rotatable bonds is 8. The highest BCUT2D eigenvalue weighted by Crippen LogP contribution is 2.23. The van der Waals surface area contributed by atoms with Crippen LogP contribution in [0.15, 0.2) is 15.9 Å².